The third-order valence-corrected chi connectivity index (χ3v) is 5.83. The molecule has 1 unspecified atom stereocenters. The van der Waals surface area contributed by atoms with E-state index in [0.717, 1.165) is 61.9 Å². The fraction of sp³-hybridized carbons (Fsp3) is 0.542. The minimum Gasteiger partial charge on any atom is -0.361 e. The second-order valence-corrected chi connectivity index (χ2v) is 8.28. The zero-order valence-electron chi connectivity index (χ0n) is 19.3. The minimum atomic E-state index is -0.663. The number of para-hydroxylation sites is 1. The summed E-state index contributed by atoms with van der Waals surface area (Å²) in [4.78, 5) is 35.8. The molecular formula is C24H37N7O2. The number of nitrogens with one attached hydrogen (secondary N) is 3. The lowest BCUT2D eigenvalue weighted by Gasteiger charge is -2.14. The number of amides is 2. The van der Waals surface area contributed by atoms with Crippen LogP contribution in [0.15, 0.2) is 35.5 Å². The molecule has 33 heavy (non-hydrogen) atoms. The first kappa shape index (κ1) is 25.0. The number of benzene rings is 1. The van der Waals surface area contributed by atoms with Gasteiger partial charge < -0.3 is 27.1 Å². The van der Waals surface area contributed by atoms with Crippen molar-refractivity contribution in [3.63, 3.8) is 0 Å². The SMILES string of the molecule is NCCCNCCCN=C1C(=O)N(CCCNCCCN)C(=O)C1c1c[nH]c2ccccc12. The van der Waals surface area contributed by atoms with Crippen LogP contribution in [0.3, 0.4) is 0 Å². The van der Waals surface area contributed by atoms with Crippen LogP contribution in [0.5, 0.6) is 0 Å². The maximum atomic E-state index is 13.4. The molecule has 2 amide bonds. The molecule has 180 valence electrons. The Kier molecular flexibility index (Phi) is 10.0. The summed E-state index contributed by atoms with van der Waals surface area (Å²) in [6, 6.07) is 7.83. The highest BCUT2D eigenvalue weighted by atomic mass is 16.2. The normalized spacial score (nSPS) is 17.7. The van der Waals surface area contributed by atoms with Gasteiger partial charge in [0.2, 0.25) is 5.91 Å². The number of nitrogens with two attached hydrogens (primary N) is 2. The summed E-state index contributed by atoms with van der Waals surface area (Å²) >= 11 is 0. The van der Waals surface area contributed by atoms with E-state index in [4.69, 9.17) is 11.5 Å². The van der Waals surface area contributed by atoms with Gasteiger partial charge in [-0.2, -0.15) is 0 Å². The topological polar surface area (TPSA) is 142 Å². The number of aromatic amines is 1. The number of hydrogen-bond acceptors (Lipinski definition) is 7. The zero-order chi connectivity index (χ0) is 23.5. The largest absolute Gasteiger partial charge is 0.361 e. The van der Waals surface area contributed by atoms with Gasteiger partial charge in [0.1, 0.15) is 11.6 Å². The number of likely N-dealkylation sites (tertiary alicyclic amines) is 1. The molecule has 9 heteroatoms. The molecule has 9 nitrogen and oxygen atoms in total. The van der Waals surface area contributed by atoms with Gasteiger partial charge in [0.15, 0.2) is 0 Å². The minimum absolute atomic E-state index is 0.188. The van der Waals surface area contributed by atoms with Crippen molar-refractivity contribution in [2.24, 2.45) is 16.5 Å². The van der Waals surface area contributed by atoms with E-state index in [9.17, 15) is 9.59 Å². The predicted octanol–water partition coefficient (Wildman–Crippen LogP) is 0.718. The van der Waals surface area contributed by atoms with Crippen molar-refractivity contribution in [1.82, 2.24) is 20.5 Å². The van der Waals surface area contributed by atoms with Crippen molar-refractivity contribution in [1.29, 1.82) is 0 Å². The standard InChI is InChI=1S/C24H37N7O2/c25-9-3-11-27-13-5-15-29-22-21(19-17-30-20-8-2-1-7-18(19)20)23(32)31(24(22)33)16-6-14-28-12-4-10-26/h1-2,7-8,17,21,27-28,30H,3-6,9-16,25-26H2. The Morgan fingerprint density at radius 1 is 0.939 bits per heavy atom. The number of H-pyrrole nitrogens is 1. The molecule has 0 aliphatic carbocycles. The first-order chi connectivity index (χ1) is 16.2. The lowest BCUT2D eigenvalue weighted by molar-refractivity contribution is -0.137. The van der Waals surface area contributed by atoms with Gasteiger partial charge in [-0.15, -0.1) is 0 Å². The summed E-state index contributed by atoms with van der Waals surface area (Å²) in [5, 5.41) is 7.57. The Balaban J connectivity index is 1.71. The molecule has 1 atom stereocenters. The summed E-state index contributed by atoms with van der Waals surface area (Å²) in [7, 11) is 0. The van der Waals surface area contributed by atoms with Crippen molar-refractivity contribution < 1.29 is 9.59 Å². The fourth-order valence-corrected chi connectivity index (χ4v) is 4.09. The van der Waals surface area contributed by atoms with Gasteiger partial charge in [-0.1, -0.05) is 18.2 Å². The summed E-state index contributed by atoms with van der Waals surface area (Å²) in [6.07, 6.45) is 5.16. The first-order valence-electron chi connectivity index (χ1n) is 12.0. The molecule has 7 N–H and O–H groups in total. The van der Waals surface area contributed by atoms with Crippen molar-refractivity contribution in [3.8, 4) is 0 Å². The van der Waals surface area contributed by atoms with Crippen LogP contribution in [0.25, 0.3) is 10.9 Å². The number of rotatable bonds is 15. The lowest BCUT2D eigenvalue weighted by Crippen LogP contribution is -2.34. The molecule has 0 bridgehead atoms. The fourth-order valence-electron chi connectivity index (χ4n) is 4.09. The molecule has 0 radical (unpaired) electrons. The Morgan fingerprint density at radius 2 is 1.61 bits per heavy atom. The summed E-state index contributed by atoms with van der Waals surface area (Å²) in [6.45, 7) is 5.42. The van der Waals surface area contributed by atoms with Gasteiger partial charge in [0.25, 0.3) is 5.91 Å². The molecule has 2 heterocycles. The van der Waals surface area contributed by atoms with Gasteiger partial charge in [0.05, 0.1) is 0 Å². The molecule has 1 saturated heterocycles. The van der Waals surface area contributed by atoms with Gasteiger partial charge >= 0.3 is 0 Å². The number of hydrogen-bond donors (Lipinski definition) is 5. The van der Waals surface area contributed by atoms with Crippen molar-refractivity contribution >= 4 is 28.4 Å². The van der Waals surface area contributed by atoms with E-state index in [1.165, 1.54) is 4.90 Å². The van der Waals surface area contributed by atoms with E-state index >= 15 is 0 Å². The highest BCUT2D eigenvalue weighted by molar-refractivity contribution is 6.52. The van der Waals surface area contributed by atoms with E-state index in [0.29, 0.717) is 38.3 Å². The van der Waals surface area contributed by atoms with Crippen molar-refractivity contribution in [2.45, 2.75) is 31.6 Å². The zero-order valence-corrected chi connectivity index (χ0v) is 19.3. The number of nitrogens with zero attached hydrogens (tertiary/aromatic N) is 2. The average molecular weight is 456 g/mol. The Hall–Kier alpha value is -2.59. The van der Waals surface area contributed by atoms with Crippen molar-refractivity contribution in [3.05, 3.63) is 36.0 Å². The molecular weight excluding hydrogens is 418 g/mol. The van der Waals surface area contributed by atoms with Crippen LogP contribution in [-0.2, 0) is 9.59 Å². The van der Waals surface area contributed by atoms with Crippen LogP contribution in [0, 0.1) is 0 Å². The van der Waals surface area contributed by atoms with Gasteiger partial charge in [0, 0.05) is 30.2 Å². The molecule has 1 aromatic carbocycles. The van der Waals surface area contributed by atoms with Crippen LogP contribution in [-0.4, -0.2) is 79.8 Å². The van der Waals surface area contributed by atoms with Crippen LogP contribution >= 0.6 is 0 Å². The van der Waals surface area contributed by atoms with Gasteiger partial charge in [-0.3, -0.25) is 19.5 Å². The van der Waals surface area contributed by atoms with Crippen LogP contribution in [0.4, 0.5) is 0 Å². The second-order valence-electron chi connectivity index (χ2n) is 8.28. The number of imide groups is 1. The monoisotopic (exact) mass is 455 g/mol. The van der Waals surface area contributed by atoms with Crippen LogP contribution < -0.4 is 22.1 Å². The third-order valence-electron chi connectivity index (χ3n) is 5.83. The Morgan fingerprint density at radius 3 is 2.33 bits per heavy atom. The van der Waals surface area contributed by atoms with Crippen molar-refractivity contribution in [2.75, 3.05) is 52.4 Å². The van der Waals surface area contributed by atoms with Crippen LogP contribution in [0.1, 0.15) is 37.2 Å². The molecule has 1 aliphatic heterocycles. The highest BCUT2D eigenvalue weighted by Crippen LogP contribution is 2.33. The van der Waals surface area contributed by atoms with E-state index in [2.05, 4.69) is 20.6 Å². The number of fused-ring (bicyclic) bond motifs is 1. The van der Waals surface area contributed by atoms with Gasteiger partial charge in [-0.05, 0) is 76.6 Å². The highest BCUT2D eigenvalue weighted by Gasteiger charge is 2.45. The van der Waals surface area contributed by atoms with E-state index in [-0.39, 0.29) is 11.8 Å². The number of aromatic nitrogens is 1. The first-order valence-corrected chi connectivity index (χ1v) is 12.0. The number of carbonyl (C=O) groups is 2. The molecule has 1 aliphatic rings. The summed E-state index contributed by atoms with van der Waals surface area (Å²) < 4.78 is 0. The molecule has 3 rings (SSSR count). The summed E-state index contributed by atoms with van der Waals surface area (Å²) in [5.74, 6) is -1.12. The second kappa shape index (κ2) is 13.2. The number of aliphatic imine (C=N–C) groups is 1. The summed E-state index contributed by atoms with van der Waals surface area (Å²) in [5.41, 5.74) is 13.1. The quantitative estimate of drug-likeness (QED) is 0.198. The molecule has 0 spiro atoms. The maximum absolute atomic E-state index is 13.4. The van der Waals surface area contributed by atoms with Gasteiger partial charge in [-0.25, -0.2) is 0 Å². The average Bonchev–Trinajstić information content (AvgIpc) is 3.34. The Labute approximate surface area is 195 Å². The van der Waals surface area contributed by atoms with E-state index < -0.39 is 5.92 Å². The number of carbonyl (C=O) groups excluding carboxylic acids is 2. The smallest absolute Gasteiger partial charge is 0.275 e. The Bertz CT molecular complexity index is 940. The maximum Gasteiger partial charge on any atom is 0.275 e. The van der Waals surface area contributed by atoms with E-state index in [1.54, 1.807) is 0 Å². The third kappa shape index (κ3) is 6.48. The molecule has 1 aromatic heterocycles. The van der Waals surface area contributed by atoms with E-state index in [1.807, 2.05) is 30.5 Å². The predicted molar refractivity (Wildman–Crippen MR) is 132 cm³/mol. The lowest BCUT2D eigenvalue weighted by atomic mass is 9.95. The molecule has 1 fully saturated rings. The molecule has 0 saturated carbocycles. The van der Waals surface area contributed by atoms with Crippen LogP contribution in [0.2, 0.25) is 0 Å². The molecule has 2 aromatic rings.